The molecule has 1 amide bonds. The summed E-state index contributed by atoms with van der Waals surface area (Å²) in [4.78, 5) is 32.3. The van der Waals surface area contributed by atoms with Crippen LogP contribution in [-0.4, -0.2) is 58.0 Å². The molecule has 7 nitrogen and oxygen atoms in total. The smallest absolute Gasteiger partial charge is 0.228 e. The predicted octanol–water partition coefficient (Wildman–Crippen LogP) is 2.24. The first-order chi connectivity index (χ1) is 14.2. The third-order valence-corrected chi connectivity index (χ3v) is 6.25. The Morgan fingerprint density at radius 1 is 1.07 bits per heavy atom. The SMILES string of the molecule is O=C1[C@H]2CC[C@H](CN(c3ncc(F)c(N4CCCC4)n3)C2)N1Cc1ccccn1. The molecule has 4 aliphatic rings. The lowest BCUT2D eigenvalue weighted by molar-refractivity contribution is -0.140. The van der Waals surface area contributed by atoms with E-state index in [-0.39, 0.29) is 23.7 Å². The summed E-state index contributed by atoms with van der Waals surface area (Å²) in [5.74, 6) is 0.636. The minimum absolute atomic E-state index is 0.0821. The second kappa shape index (κ2) is 7.57. The molecule has 0 saturated carbocycles. The van der Waals surface area contributed by atoms with Crippen molar-refractivity contribution in [2.24, 2.45) is 5.92 Å². The molecule has 4 saturated heterocycles. The topological polar surface area (TPSA) is 65.5 Å². The van der Waals surface area contributed by atoms with Gasteiger partial charge < -0.3 is 14.7 Å². The summed E-state index contributed by atoms with van der Waals surface area (Å²) in [6, 6.07) is 5.87. The third kappa shape index (κ3) is 3.52. The second-order valence-corrected chi connectivity index (χ2v) is 8.16. The lowest BCUT2D eigenvalue weighted by Crippen LogP contribution is -2.47. The van der Waals surface area contributed by atoms with Crippen LogP contribution in [-0.2, 0) is 11.3 Å². The van der Waals surface area contributed by atoms with Crippen LogP contribution in [0.15, 0.2) is 30.6 Å². The van der Waals surface area contributed by atoms with Gasteiger partial charge in [-0.2, -0.15) is 4.98 Å². The normalized spacial score (nSPS) is 24.3. The molecule has 0 N–H and O–H groups in total. The van der Waals surface area contributed by atoms with E-state index in [0.717, 1.165) is 44.5 Å². The fourth-order valence-electron chi connectivity index (χ4n) is 4.73. The molecule has 2 aromatic rings. The Labute approximate surface area is 169 Å². The van der Waals surface area contributed by atoms with Gasteiger partial charge in [0.2, 0.25) is 11.9 Å². The summed E-state index contributed by atoms with van der Waals surface area (Å²) < 4.78 is 14.3. The van der Waals surface area contributed by atoms with E-state index in [1.807, 2.05) is 28.0 Å². The number of amides is 1. The zero-order chi connectivity index (χ0) is 19.8. The molecule has 2 atom stereocenters. The average Bonchev–Trinajstić information content (AvgIpc) is 3.14. The van der Waals surface area contributed by atoms with E-state index >= 15 is 0 Å². The largest absolute Gasteiger partial charge is 0.354 e. The third-order valence-electron chi connectivity index (χ3n) is 6.25. The number of pyridine rings is 1. The molecule has 0 radical (unpaired) electrons. The fourth-order valence-corrected chi connectivity index (χ4v) is 4.73. The zero-order valence-corrected chi connectivity index (χ0v) is 16.4. The van der Waals surface area contributed by atoms with Crippen LogP contribution < -0.4 is 9.80 Å². The predicted molar refractivity (Wildman–Crippen MR) is 107 cm³/mol. The second-order valence-electron chi connectivity index (χ2n) is 8.16. The Bertz CT molecular complexity index is 888. The van der Waals surface area contributed by atoms with Crippen molar-refractivity contribution < 1.29 is 9.18 Å². The van der Waals surface area contributed by atoms with E-state index in [1.165, 1.54) is 6.20 Å². The number of rotatable bonds is 4. The van der Waals surface area contributed by atoms with Crippen LogP contribution in [0, 0.1) is 11.7 Å². The summed E-state index contributed by atoms with van der Waals surface area (Å²) in [7, 11) is 0. The van der Waals surface area contributed by atoms with Crippen molar-refractivity contribution >= 4 is 17.7 Å². The van der Waals surface area contributed by atoms with Crippen LogP contribution >= 0.6 is 0 Å². The summed E-state index contributed by atoms with van der Waals surface area (Å²) in [6.45, 7) is 3.43. The van der Waals surface area contributed by atoms with Gasteiger partial charge in [-0.25, -0.2) is 9.37 Å². The van der Waals surface area contributed by atoms with Gasteiger partial charge in [0, 0.05) is 38.4 Å². The minimum Gasteiger partial charge on any atom is -0.354 e. The van der Waals surface area contributed by atoms with Crippen molar-refractivity contribution in [1.82, 2.24) is 19.9 Å². The number of anilines is 2. The number of piperidine rings is 1. The number of nitrogens with zero attached hydrogens (tertiary/aromatic N) is 6. The molecule has 0 aromatic carbocycles. The number of hydrogen-bond acceptors (Lipinski definition) is 6. The molecule has 4 fully saturated rings. The van der Waals surface area contributed by atoms with Crippen molar-refractivity contribution in [3.8, 4) is 0 Å². The number of hydrogen-bond donors (Lipinski definition) is 0. The van der Waals surface area contributed by atoms with Crippen molar-refractivity contribution in [1.29, 1.82) is 0 Å². The van der Waals surface area contributed by atoms with Gasteiger partial charge >= 0.3 is 0 Å². The van der Waals surface area contributed by atoms with Gasteiger partial charge in [-0.15, -0.1) is 0 Å². The Balaban J connectivity index is 1.39. The maximum Gasteiger partial charge on any atom is 0.228 e. The quantitative estimate of drug-likeness (QED) is 0.790. The molecule has 0 aliphatic carbocycles. The zero-order valence-electron chi connectivity index (χ0n) is 16.4. The lowest BCUT2D eigenvalue weighted by atomic mass is 9.94. The maximum absolute atomic E-state index is 14.3. The van der Waals surface area contributed by atoms with Gasteiger partial charge in [0.15, 0.2) is 11.6 Å². The molecular formula is C21H25FN6O. The molecule has 6 heterocycles. The number of carbonyl (C=O) groups excluding carboxylic acids is 1. The van der Waals surface area contributed by atoms with Crippen LogP contribution in [0.1, 0.15) is 31.4 Å². The molecule has 2 aromatic heterocycles. The molecule has 0 unspecified atom stereocenters. The van der Waals surface area contributed by atoms with Crippen LogP contribution in [0.2, 0.25) is 0 Å². The minimum atomic E-state index is -0.374. The van der Waals surface area contributed by atoms with Crippen LogP contribution in [0.3, 0.4) is 0 Å². The number of aromatic nitrogens is 3. The van der Waals surface area contributed by atoms with Gasteiger partial charge in [0.25, 0.3) is 0 Å². The Kier molecular flexibility index (Phi) is 4.77. The van der Waals surface area contributed by atoms with E-state index < -0.39 is 0 Å². The molecule has 8 heteroatoms. The lowest BCUT2D eigenvalue weighted by Gasteiger charge is -2.35. The van der Waals surface area contributed by atoms with E-state index in [0.29, 0.717) is 31.4 Å². The molecule has 2 bridgehead atoms. The van der Waals surface area contributed by atoms with Crippen molar-refractivity contribution in [2.75, 3.05) is 36.0 Å². The van der Waals surface area contributed by atoms with E-state index in [1.54, 1.807) is 6.20 Å². The van der Waals surface area contributed by atoms with E-state index in [4.69, 9.17) is 0 Å². The number of carbonyl (C=O) groups is 1. The average molecular weight is 396 g/mol. The Morgan fingerprint density at radius 3 is 2.72 bits per heavy atom. The van der Waals surface area contributed by atoms with Gasteiger partial charge in [-0.1, -0.05) is 6.07 Å². The van der Waals surface area contributed by atoms with Gasteiger partial charge in [0.05, 0.1) is 24.4 Å². The number of halogens is 1. The van der Waals surface area contributed by atoms with Crippen molar-refractivity contribution in [2.45, 2.75) is 38.3 Å². The first-order valence-electron chi connectivity index (χ1n) is 10.4. The van der Waals surface area contributed by atoms with Crippen LogP contribution in [0.4, 0.5) is 16.2 Å². The highest BCUT2D eigenvalue weighted by molar-refractivity contribution is 5.81. The maximum atomic E-state index is 14.3. The molecule has 4 aliphatic heterocycles. The summed E-state index contributed by atoms with van der Waals surface area (Å²) in [6.07, 6.45) is 6.98. The first-order valence-corrected chi connectivity index (χ1v) is 10.4. The monoisotopic (exact) mass is 396 g/mol. The van der Waals surface area contributed by atoms with Crippen LogP contribution in [0.25, 0.3) is 0 Å². The van der Waals surface area contributed by atoms with Crippen molar-refractivity contribution in [3.05, 3.63) is 42.1 Å². The highest BCUT2D eigenvalue weighted by Gasteiger charge is 2.41. The summed E-state index contributed by atoms with van der Waals surface area (Å²) in [5, 5.41) is 0. The van der Waals surface area contributed by atoms with Gasteiger partial charge in [-0.3, -0.25) is 9.78 Å². The highest BCUT2D eigenvalue weighted by atomic mass is 19.1. The molecule has 6 rings (SSSR count). The Hall–Kier alpha value is -2.77. The molecule has 152 valence electrons. The first kappa shape index (κ1) is 18.3. The molecule has 0 spiro atoms. The standard InChI is InChI=1S/C21H25FN6O/c22-18-11-24-21(25-19(18)26-9-3-4-10-26)27-12-15-6-7-17(14-27)28(20(15)29)13-16-5-1-2-8-23-16/h1-2,5,8,11,15,17H,3-4,6-7,9-10,12-14H2/t15-,17+/m0/s1. The summed E-state index contributed by atoms with van der Waals surface area (Å²) in [5.41, 5.74) is 0.898. The molecule has 29 heavy (non-hydrogen) atoms. The van der Waals surface area contributed by atoms with Crippen molar-refractivity contribution in [3.63, 3.8) is 0 Å². The summed E-state index contributed by atoms with van der Waals surface area (Å²) >= 11 is 0. The number of fused-ring (bicyclic) bond motifs is 4. The van der Waals surface area contributed by atoms with Gasteiger partial charge in [0.1, 0.15) is 0 Å². The van der Waals surface area contributed by atoms with E-state index in [9.17, 15) is 9.18 Å². The Morgan fingerprint density at radius 2 is 1.93 bits per heavy atom. The highest BCUT2D eigenvalue weighted by Crippen LogP contribution is 2.32. The van der Waals surface area contributed by atoms with E-state index in [2.05, 4.69) is 19.9 Å². The van der Waals surface area contributed by atoms with Crippen LogP contribution in [0.5, 0.6) is 0 Å². The molecular weight excluding hydrogens is 371 g/mol. The fraction of sp³-hybridized carbons (Fsp3) is 0.524. The van der Waals surface area contributed by atoms with Gasteiger partial charge in [-0.05, 0) is 37.8 Å².